The molecule has 1 fully saturated rings. The molecule has 154 valence electrons. The Morgan fingerprint density at radius 2 is 0.862 bits per heavy atom. The van der Waals surface area contributed by atoms with Crippen molar-refractivity contribution in [3.8, 4) is 0 Å². The van der Waals surface area contributed by atoms with Gasteiger partial charge in [-0.05, 0) is 68.6 Å². The molecule has 1 aliphatic rings. The van der Waals surface area contributed by atoms with Gasteiger partial charge in [-0.25, -0.2) is 0 Å². The van der Waals surface area contributed by atoms with E-state index in [2.05, 4.69) is 114 Å². The van der Waals surface area contributed by atoms with E-state index >= 15 is 0 Å². The summed E-state index contributed by atoms with van der Waals surface area (Å²) in [6, 6.07) is 26.3. The Hall–Kier alpha value is -2.34. The predicted molar refractivity (Wildman–Crippen MR) is 129 cm³/mol. The maximum Gasteiger partial charge on any atom is -0.00746 e. The summed E-state index contributed by atoms with van der Waals surface area (Å²) in [5, 5.41) is 0. The second-order valence-electron chi connectivity index (χ2n) is 8.60. The molecule has 4 rings (SSSR count). The minimum absolute atomic E-state index is 0.534. The largest absolute Gasteiger partial charge is 0.0613 e. The Morgan fingerprint density at radius 1 is 0.552 bits per heavy atom. The highest BCUT2D eigenvalue weighted by Gasteiger charge is 2.38. The van der Waals surface area contributed by atoms with Crippen LogP contribution < -0.4 is 0 Å². The average Bonchev–Trinajstić information content (AvgIpc) is 3.50. The SMILES string of the molecule is CCc1ccc(C)cc1.CCc1ccc(C2(C)CC2)cc1.Cc1ccc(C)cc1. The summed E-state index contributed by atoms with van der Waals surface area (Å²) in [5.41, 5.74) is 8.92. The molecule has 3 aromatic carbocycles. The molecular formula is C29H38. The van der Waals surface area contributed by atoms with E-state index in [4.69, 9.17) is 0 Å². The van der Waals surface area contributed by atoms with Gasteiger partial charge in [-0.1, -0.05) is 110 Å². The highest BCUT2D eigenvalue weighted by Crippen LogP contribution is 2.47. The minimum atomic E-state index is 0.534. The normalized spacial score (nSPS) is 13.4. The summed E-state index contributed by atoms with van der Waals surface area (Å²) in [5.74, 6) is 0. The smallest absolute Gasteiger partial charge is 0.00746 e. The summed E-state index contributed by atoms with van der Waals surface area (Å²) in [7, 11) is 0. The molecule has 3 aromatic rings. The first kappa shape index (κ1) is 22.9. The van der Waals surface area contributed by atoms with Crippen molar-refractivity contribution in [1.82, 2.24) is 0 Å². The van der Waals surface area contributed by atoms with E-state index in [-0.39, 0.29) is 0 Å². The molecule has 0 bridgehead atoms. The average molecular weight is 387 g/mol. The fourth-order valence-electron chi connectivity index (χ4n) is 3.08. The molecule has 0 heterocycles. The van der Waals surface area contributed by atoms with Gasteiger partial charge < -0.3 is 0 Å². The van der Waals surface area contributed by atoms with Crippen molar-refractivity contribution in [2.75, 3.05) is 0 Å². The van der Waals surface area contributed by atoms with Gasteiger partial charge in [-0.15, -0.1) is 0 Å². The van der Waals surface area contributed by atoms with Crippen LogP contribution in [0.4, 0.5) is 0 Å². The van der Waals surface area contributed by atoms with Crippen LogP contribution in [0.3, 0.4) is 0 Å². The van der Waals surface area contributed by atoms with Crippen molar-refractivity contribution in [3.63, 3.8) is 0 Å². The van der Waals surface area contributed by atoms with Crippen molar-refractivity contribution in [1.29, 1.82) is 0 Å². The van der Waals surface area contributed by atoms with Crippen LogP contribution in [0, 0.1) is 20.8 Å². The van der Waals surface area contributed by atoms with Gasteiger partial charge >= 0.3 is 0 Å². The Balaban J connectivity index is 0.000000160. The Morgan fingerprint density at radius 3 is 1.17 bits per heavy atom. The van der Waals surface area contributed by atoms with E-state index in [1.165, 1.54) is 46.2 Å². The summed E-state index contributed by atoms with van der Waals surface area (Å²) >= 11 is 0. The molecule has 0 heteroatoms. The van der Waals surface area contributed by atoms with Crippen LogP contribution in [-0.4, -0.2) is 0 Å². The van der Waals surface area contributed by atoms with Crippen molar-refractivity contribution in [2.45, 2.75) is 72.6 Å². The molecule has 0 radical (unpaired) electrons. The first-order chi connectivity index (χ1) is 13.9. The molecule has 0 aliphatic heterocycles. The number of hydrogen-bond acceptors (Lipinski definition) is 0. The number of benzene rings is 3. The zero-order valence-corrected chi connectivity index (χ0v) is 19.3. The van der Waals surface area contributed by atoms with Gasteiger partial charge in [0.15, 0.2) is 0 Å². The quantitative estimate of drug-likeness (QED) is 0.426. The summed E-state index contributed by atoms with van der Waals surface area (Å²) < 4.78 is 0. The van der Waals surface area contributed by atoms with Gasteiger partial charge in [-0.3, -0.25) is 0 Å². The van der Waals surface area contributed by atoms with Crippen LogP contribution in [0.25, 0.3) is 0 Å². The third-order valence-corrected chi connectivity index (χ3v) is 5.81. The lowest BCUT2D eigenvalue weighted by atomic mass is 9.97. The summed E-state index contributed by atoms with van der Waals surface area (Å²) in [4.78, 5) is 0. The monoisotopic (exact) mass is 386 g/mol. The molecule has 0 nitrogen and oxygen atoms in total. The van der Waals surface area contributed by atoms with Gasteiger partial charge in [0.05, 0.1) is 0 Å². The number of hydrogen-bond donors (Lipinski definition) is 0. The Kier molecular flexibility index (Phi) is 8.70. The lowest BCUT2D eigenvalue weighted by molar-refractivity contribution is 0.787. The second kappa shape index (κ2) is 11.0. The van der Waals surface area contributed by atoms with Crippen molar-refractivity contribution >= 4 is 0 Å². The van der Waals surface area contributed by atoms with Crippen LogP contribution in [0.5, 0.6) is 0 Å². The molecule has 0 aromatic heterocycles. The number of rotatable bonds is 3. The lowest BCUT2D eigenvalue weighted by Crippen LogP contribution is -1.98. The van der Waals surface area contributed by atoms with E-state index in [0.717, 1.165) is 12.8 Å². The molecular weight excluding hydrogens is 348 g/mol. The zero-order valence-electron chi connectivity index (χ0n) is 19.3. The van der Waals surface area contributed by atoms with Gasteiger partial charge in [0.1, 0.15) is 0 Å². The minimum Gasteiger partial charge on any atom is -0.0613 e. The topological polar surface area (TPSA) is 0 Å². The fourth-order valence-corrected chi connectivity index (χ4v) is 3.08. The van der Waals surface area contributed by atoms with E-state index in [0.29, 0.717) is 5.41 Å². The zero-order chi connectivity index (χ0) is 21.3. The lowest BCUT2D eigenvalue weighted by Gasteiger charge is -2.08. The van der Waals surface area contributed by atoms with Crippen LogP contribution in [0.1, 0.15) is 67.0 Å². The molecule has 0 atom stereocenters. The first-order valence-electron chi connectivity index (χ1n) is 11.0. The van der Waals surface area contributed by atoms with Crippen molar-refractivity contribution in [3.05, 3.63) is 106 Å². The standard InChI is InChI=1S/C12H16.C9H12.C8H10/c1-3-10-4-6-11(7-5-10)12(2)8-9-12;1-3-9-6-4-8(2)5-7-9;1-7-3-5-8(2)6-4-7/h4-7H,3,8-9H2,1-2H3;4-7H,3H2,1-2H3;3-6H,1-2H3. The van der Waals surface area contributed by atoms with Crippen LogP contribution in [0.2, 0.25) is 0 Å². The van der Waals surface area contributed by atoms with Crippen molar-refractivity contribution < 1.29 is 0 Å². The molecule has 1 aliphatic carbocycles. The fraction of sp³-hybridized carbons (Fsp3) is 0.379. The van der Waals surface area contributed by atoms with E-state index in [1.807, 2.05) is 0 Å². The summed E-state index contributed by atoms with van der Waals surface area (Å²) in [6.45, 7) is 13.0. The van der Waals surface area contributed by atoms with Gasteiger partial charge in [0.2, 0.25) is 0 Å². The maximum absolute atomic E-state index is 2.36. The van der Waals surface area contributed by atoms with Gasteiger partial charge in [0, 0.05) is 0 Å². The third kappa shape index (κ3) is 7.89. The van der Waals surface area contributed by atoms with Crippen LogP contribution in [0.15, 0.2) is 72.8 Å². The summed E-state index contributed by atoms with van der Waals surface area (Å²) in [6.07, 6.45) is 5.04. The second-order valence-corrected chi connectivity index (χ2v) is 8.60. The van der Waals surface area contributed by atoms with Crippen molar-refractivity contribution in [2.24, 2.45) is 0 Å². The van der Waals surface area contributed by atoms with Crippen LogP contribution >= 0.6 is 0 Å². The molecule has 1 saturated carbocycles. The molecule has 0 spiro atoms. The molecule has 0 saturated heterocycles. The third-order valence-electron chi connectivity index (χ3n) is 5.81. The first-order valence-corrected chi connectivity index (χ1v) is 11.0. The van der Waals surface area contributed by atoms with Gasteiger partial charge in [-0.2, -0.15) is 0 Å². The van der Waals surface area contributed by atoms with Gasteiger partial charge in [0.25, 0.3) is 0 Å². The highest BCUT2D eigenvalue weighted by atomic mass is 14.4. The van der Waals surface area contributed by atoms with Crippen LogP contribution in [-0.2, 0) is 18.3 Å². The molecule has 0 unspecified atom stereocenters. The maximum atomic E-state index is 2.36. The molecule has 29 heavy (non-hydrogen) atoms. The Labute approximate surface area is 179 Å². The van der Waals surface area contributed by atoms with E-state index < -0.39 is 0 Å². The predicted octanol–water partition coefficient (Wildman–Crippen LogP) is 8.16. The van der Waals surface area contributed by atoms with E-state index in [9.17, 15) is 0 Å². The molecule has 0 amide bonds. The molecule has 0 N–H and O–H groups in total. The highest BCUT2D eigenvalue weighted by molar-refractivity contribution is 5.32. The number of aryl methyl sites for hydroxylation is 5. The van der Waals surface area contributed by atoms with E-state index in [1.54, 1.807) is 0 Å². The Bertz CT molecular complexity index is 811.